The summed E-state index contributed by atoms with van der Waals surface area (Å²) in [5.41, 5.74) is 2.42. The molecule has 2 aromatic heterocycles. The Morgan fingerprint density at radius 1 is 1.36 bits per heavy atom. The van der Waals surface area contributed by atoms with Crippen molar-refractivity contribution in [1.82, 2.24) is 15.0 Å². The van der Waals surface area contributed by atoms with E-state index in [2.05, 4.69) is 32.1 Å². The molecule has 1 aliphatic rings. The van der Waals surface area contributed by atoms with E-state index in [0.29, 0.717) is 5.92 Å². The van der Waals surface area contributed by atoms with E-state index in [0.717, 1.165) is 36.9 Å². The third-order valence-electron chi connectivity index (χ3n) is 4.27. The highest BCUT2D eigenvalue weighted by Crippen LogP contribution is 2.29. The van der Waals surface area contributed by atoms with Gasteiger partial charge in [-0.05, 0) is 49.9 Å². The molecule has 1 aliphatic heterocycles. The van der Waals surface area contributed by atoms with E-state index in [1.54, 1.807) is 0 Å². The first kappa shape index (κ1) is 15.0. The Balaban J connectivity index is 1.68. The zero-order valence-corrected chi connectivity index (χ0v) is 13.6. The molecule has 0 N–H and O–H groups in total. The number of rotatable bonds is 4. The zero-order chi connectivity index (χ0) is 15.5. The first-order valence-electron chi connectivity index (χ1n) is 7.89. The van der Waals surface area contributed by atoms with Crippen molar-refractivity contribution < 1.29 is 4.52 Å². The summed E-state index contributed by atoms with van der Waals surface area (Å²) >= 11 is 0. The normalized spacial score (nSPS) is 19.3. The van der Waals surface area contributed by atoms with Gasteiger partial charge in [-0.1, -0.05) is 5.16 Å². The van der Waals surface area contributed by atoms with Crippen LogP contribution in [-0.2, 0) is 6.54 Å². The molecule has 1 fully saturated rings. The second kappa shape index (κ2) is 6.48. The summed E-state index contributed by atoms with van der Waals surface area (Å²) < 4.78 is 5.17. The fraction of sp³-hybridized carbons (Fsp3) is 0.529. The molecule has 5 nitrogen and oxygen atoms in total. The van der Waals surface area contributed by atoms with Crippen molar-refractivity contribution in [1.29, 1.82) is 0 Å². The van der Waals surface area contributed by atoms with Crippen molar-refractivity contribution in [2.75, 3.05) is 32.1 Å². The molecule has 1 atom stereocenters. The van der Waals surface area contributed by atoms with Gasteiger partial charge in [0.25, 0.3) is 0 Å². The SMILES string of the molecule is Cc1cc(CN2CCC[C@@H](c3ccnc(N(C)C)c3)C2)no1. The number of hydrogen-bond acceptors (Lipinski definition) is 5. The second-order valence-electron chi connectivity index (χ2n) is 6.34. The van der Waals surface area contributed by atoms with Crippen LogP contribution in [0.15, 0.2) is 28.9 Å². The van der Waals surface area contributed by atoms with Crippen molar-refractivity contribution >= 4 is 5.82 Å². The summed E-state index contributed by atoms with van der Waals surface area (Å²) in [6.07, 6.45) is 4.39. The molecule has 0 aliphatic carbocycles. The van der Waals surface area contributed by atoms with Gasteiger partial charge in [-0.25, -0.2) is 4.98 Å². The number of piperidine rings is 1. The molecule has 0 amide bonds. The van der Waals surface area contributed by atoms with Gasteiger partial charge in [0, 0.05) is 39.4 Å². The summed E-state index contributed by atoms with van der Waals surface area (Å²) in [6.45, 7) is 5.02. The van der Waals surface area contributed by atoms with Gasteiger partial charge in [-0.15, -0.1) is 0 Å². The van der Waals surface area contributed by atoms with Crippen molar-refractivity contribution in [3.8, 4) is 0 Å². The van der Waals surface area contributed by atoms with Crippen molar-refractivity contribution in [2.45, 2.75) is 32.2 Å². The molecule has 2 aromatic rings. The van der Waals surface area contributed by atoms with Gasteiger partial charge in [-0.2, -0.15) is 0 Å². The van der Waals surface area contributed by atoms with Crippen LogP contribution in [-0.4, -0.2) is 42.2 Å². The minimum Gasteiger partial charge on any atom is -0.363 e. The van der Waals surface area contributed by atoms with Gasteiger partial charge in [0.1, 0.15) is 11.6 Å². The van der Waals surface area contributed by atoms with E-state index in [9.17, 15) is 0 Å². The number of anilines is 1. The number of likely N-dealkylation sites (tertiary alicyclic amines) is 1. The minimum atomic E-state index is 0.573. The molecule has 3 rings (SSSR count). The number of aryl methyl sites for hydroxylation is 1. The molecule has 118 valence electrons. The van der Waals surface area contributed by atoms with Crippen LogP contribution < -0.4 is 4.90 Å². The highest BCUT2D eigenvalue weighted by atomic mass is 16.5. The second-order valence-corrected chi connectivity index (χ2v) is 6.34. The first-order chi connectivity index (χ1) is 10.6. The summed E-state index contributed by atoms with van der Waals surface area (Å²) in [4.78, 5) is 8.94. The summed E-state index contributed by atoms with van der Waals surface area (Å²) in [5.74, 6) is 2.48. The molecule has 0 saturated carbocycles. The lowest BCUT2D eigenvalue weighted by atomic mass is 9.91. The molecule has 0 spiro atoms. The predicted octanol–water partition coefficient (Wildman–Crippen LogP) is 2.82. The molecule has 0 aromatic carbocycles. The quantitative estimate of drug-likeness (QED) is 0.869. The van der Waals surface area contributed by atoms with E-state index in [-0.39, 0.29) is 0 Å². The number of pyridine rings is 1. The maximum absolute atomic E-state index is 5.17. The fourth-order valence-electron chi connectivity index (χ4n) is 3.13. The van der Waals surface area contributed by atoms with Gasteiger partial charge in [0.05, 0.1) is 5.69 Å². The van der Waals surface area contributed by atoms with E-state index in [4.69, 9.17) is 4.52 Å². The van der Waals surface area contributed by atoms with E-state index >= 15 is 0 Å². The van der Waals surface area contributed by atoms with Crippen molar-refractivity contribution in [3.63, 3.8) is 0 Å². The molecule has 0 bridgehead atoms. The molecule has 1 saturated heterocycles. The Bertz CT molecular complexity index is 623. The van der Waals surface area contributed by atoms with Crippen LogP contribution in [0.1, 0.15) is 35.8 Å². The Kier molecular flexibility index (Phi) is 4.43. The Morgan fingerprint density at radius 3 is 2.95 bits per heavy atom. The molecule has 0 unspecified atom stereocenters. The third-order valence-corrected chi connectivity index (χ3v) is 4.27. The molecular formula is C17H24N4O. The number of aromatic nitrogens is 2. The topological polar surface area (TPSA) is 45.4 Å². The average molecular weight is 300 g/mol. The average Bonchev–Trinajstić information content (AvgIpc) is 2.93. The van der Waals surface area contributed by atoms with Gasteiger partial charge in [0.2, 0.25) is 0 Å². The van der Waals surface area contributed by atoms with Crippen molar-refractivity contribution in [3.05, 3.63) is 41.4 Å². The highest BCUT2D eigenvalue weighted by Gasteiger charge is 2.22. The van der Waals surface area contributed by atoms with E-state index in [1.165, 1.54) is 18.4 Å². The summed E-state index contributed by atoms with van der Waals surface area (Å²) in [6, 6.07) is 6.40. The lowest BCUT2D eigenvalue weighted by Gasteiger charge is -2.32. The Labute approximate surface area is 131 Å². The molecule has 3 heterocycles. The maximum Gasteiger partial charge on any atom is 0.133 e. The summed E-state index contributed by atoms with van der Waals surface area (Å²) in [7, 11) is 4.07. The van der Waals surface area contributed by atoms with E-state index < -0.39 is 0 Å². The van der Waals surface area contributed by atoms with Gasteiger partial charge in [-0.3, -0.25) is 4.90 Å². The van der Waals surface area contributed by atoms with Crippen LogP contribution in [0.4, 0.5) is 5.82 Å². The Morgan fingerprint density at radius 2 is 2.23 bits per heavy atom. The van der Waals surface area contributed by atoms with E-state index in [1.807, 2.05) is 33.3 Å². The van der Waals surface area contributed by atoms with Crippen LogP contribution in [0.3, 0.4) is 0 Å². The number of nitrogens with zero attached hydrogens (tertiary/aromatic N) is 4. The largest absolute Gasteiger partial charge is 0.363 e. The summed E-state index contributed by atoms with van der Waals surface area (Å²) in [5, 5.41) is 4.11. The van der Waals surface area contributed by atoms with Crippen LogP contribution in [0.2, 0.25) is 0 Å². The zero-order valence-electron chi connectivity index (χ0n) is 13.6. The van der Waals surface area contributed by atoms with Crippen LogP contribution in [0.5, 0.6) is 0 Å². The van der Waals surface area contributed by atoms with Gasteiger partial charge in [0.15, 0.2) is 0 Å². The van der Waals surface area contributed by atoms with Crippen LogP contribution in [0, 0.1) is 6.92 Å². The van der Waals surface area contributed by atoms with Crippen LogP contribution in [0.25, 0.3) is 0 Å². The lowest BCUT2D eigenvalue weighted by molar-refractivity contribution is 0.195. The van der Waals surface area contributed by atoms with Crippen LogP contribution >= 0.6 is 0 Å². The molecule has 22 heavy (non-hydrogen) atoms. The first-order valence-corrected chi connectivity index (χ1v) is 7.89. The molecule has 5 heteroatoms. The van der Waals surface area contributed by atoms with Gasteiger partial charge >= 0.3 is 0 Å². The standard InChI is InChI=1S/C17H24N4O/c1-13-9-16(19-22-13)12-21-8-4-5-15(11-21)14-6-7-18-17(10-14)20(2)3/h6-7,9-10,15H,4-5,8,11-12H2,1-3H3/t15-/m1/s1. The smallest absolute Gasteiger partial charge is 0.133 e. The molecule has 0 radical (unpaired) electrons. The minimum absolute atomic E-state index is 0.573. The number of hydrogen-bond donors (Lipinski definition) is 0. The fourth-order valence-corrected chi connectivity index (χ4v) is 3.13. The Hall–Kier alpha value is -1.88. The van der Waals surface area contributed by atoms with Crippen molar-refractivity contribution in [2.24, 2.45) is 0 Å². The predicted molar refractivity (Wildman–Crippen MR) is 87.1 cm³/mol. The monoisotopic (exact) mass is 300 g/mol. The molecular weight excluding hydrogens is 276 g/mol. The lowest BCUT2D eigenvalue weighted by Crippen LogP contribution is -2.34. The highest BCUT2D eigenvalue weighted by molar-refractivity contribution is 5.40. The third kappa shape index (κ3) is 3.47. The maximum atomic E-state index is 5.17. The van der Waals surface area contributed by atoms with Gasteiger partial charge < -0.3 is 9.42 Å².